The van der Waals surface area contributed by atoms with Gasteiger partial charge in [0.05, 0.1) is 39.1 Å². The average Bonchev–Trinajstić information content (AvgIpc) is 2.90. The maximum absolute atomic E-state index is 12.8. The maximum atomic E-state index is 12.8. The number of hydrogen-bond donors (Lipinski definition) is 1. The van der Waals surface area contributed by atoms with Gasteiger partial charge in [0, 0.05) is 0 Å². The number of aromatic carboxylic acids is 1. The number of ether oxygens (including phenoxy) is 1. The summed E-state index contributed by atoms with van der Waals surface area (Å²) in [4.78, 5) is 24.1. The Labute approximate surface area is 168 Å². The number of halogens is 2. The van der Waals surface area contributed by atoms with E-state index in [1.165, 1.54) is 17.1 Å². The molecule has 1 N–H and O–H groups in total. The number of hydrogen-bond acceptors (Lipinski definition) is 4. The summed E-state index contributed by atoms with van der Waals surface area (Å²) in [6.07, 6.45) is 1.72. The molecule has 1 heterocycles. The van der Waals surface area contributed by atoms with Crippen LogP contribution in [0.4, 0.5) is 5.69 Å². The summed E-state index contributed by atoms with van der Waals surface area (Å²) >= 11 is 9.31. The van der Waals surface area contributed by atoms with Crippen molar-refractivity contribution in [1.29, 1.82) is 0 Å². The van der Waals surface area contributed by atoms with E-state index in [2.05, 4.69) is 21.0 Å². The summed E-state index contributed by atoms with van der Waals surface area (Å²) in [6.45, 7) is 1.72. The molecule has 0 unspecified atom stereocenters. The van der Waals surface area contributed by atoms with Gasteiger partial charge in [0.1, 0.15) is 5.75 Å². The number of benzene rings is 2. The molecule has 6 nitrogen and oxygen atoms in total. The highest BCUT2D eigenvalue weighted by molar-refractivity contribution is 9.10. The molecule has 1 amide bonds. The van der Waals surface area contributed by atoms with E-state index in [0.29, 0.717) is 22.7 Å². The molecule has 0 fully saturated rings. The summed E-state index contributed by atoms with van der Waals surface area (Å²) in [6, 6.07) is 9.76. The minimum Gasteiger partial charge on any atom is -0.496 e. The van der Waals surface area contributed by atoms with Crippen molar-refractivity contribution in [2.24, 2.45) is 5.10 Å². The van der Waals surface area contributed by atoms with Gasteiger partial charge in [-0.1, -0.05) is 17.7 Å². The van der Waals surface area contributed by atoms with Crippen LogP contribution in [0, 0.1) is 0 Å². The fourth-order valence-corrected chi connectivity index (χ4v) is 3.36. The van der Waals surface area contributed by atoms with Gasteiger partial charge in [0.25, 0.3) is 5.91 Å². The Morgan fingerprint density at radius 1 is 1.30 bits per heavy atom. The molecule has 0 bridgehead atoms. The van der Waals surface area contributed by atoms with Crippen molar-refractivity contribution in [3.05, 3.63) is 62.6 Å². The lowest BCUT2D eigenvalue weighted by Crippen LogP contribution is -2.21. The van der Waals surface area contributed by atoms with Crippen LogP contribution >= 0.6 is 27.5 Å². The molecule has 0 aromatic heterocycles. The quantitative estimate of drug-likeness (QED) is 0.691. The Bertz CT molecular complexity index is 1020. The Morgan fingerprint density at radius 2 is 2.04 bits per heavy atom. The molecule has 0 atom stereocenters. The fourth-order valence-electron chi connectivity index (χ4n) is 2.61. The monoisotopic (exact) mass is 448 g/mol. The lowest BCUT2D eigenvalue weighted by atomic mass is 10.1. The predicted molar refractivity (Wildman–Crippen MR) is 108 cm³/mol. The summed E-state index contributed by atoms with van der Waals surface area (Å²) in [5.41, 5.74) is 1.98. The van der Waals surface area contributed by atoms with Crippen LogP contribution in [-0.2, 0) is 4.79 Å². The zero-order valence-electron chi connectivity index (χ0n) is 14.4. The molecule has 1 aliphatic heterocycles. The molecule has 8 heteroatoms. The SMILES string of the molecule is COc1ccc(C=C2C(=O)N(c3ccc(Cl)c(C(=O)O)c3)N=C2C)cc1Br. The second-order valence-corrected chi connectivity index (χ2v) is 6.99. The third kappa shape index (κ3) is 3.74. The third-order valence-corrected chi connectivity index (χ3v) is 4.92. The molecular formula is C19H14BrClN2O4. The Balaban J connectivity index is 1.96. The van der Waals surface area contributed by atoms with Crippen LogP contribution in [0.25, 0.3) is 6.08 Å². The lowest BCUT2D eigenvalue weighted by molar-refractivity contribution is -0.114. The van der Waals surface area contributed by atoms with Gasteiger partial charge in [0.2, 0.25) is 0 Å². The second kappa shape index (κ2) is 7.54. The number of carbonyl (C=O) groups excluding carboxylic acids is 1. The Kier molecular flexibility index (Phi) is 5.34. The van der Waals surface area contributed by atoms with Crippen molar-refractivity contribution >= 4 is 56.9 Å². The summed E-state index contributed by atoms with van der Waals surface area (Å²) in [5, 5.41) is 14.7. The number of carboxylic acids is 1. The number of carboxylic acid groups (broad SMARTS) is 1. The first-order valence-corrected chi connectivity index (χ1v) is 8.97. The molecular weight excluding hydrogens is 436 g/mol. The first-order valence-electron chi connectivity index (χ1n) is 7.80. The van der Waals surface area contributed by atoms with Crippen molar-refractivity contribution in [2.45, 2.75) is 6.92 Å². The number of hydrazone groups is 1. The smallest absolute Gasteiger partial charge is 0.337 e. The molecule has 0 aliphatic carbocycles. The highest BCUT2D eigenvalue weighted by atomic mass is 79.9. The van der Waals surface area contributed by atoms with Crippen molar-refractivity contribution in [3.8, 4) is 5.75 Å². The van der Waals surface area contributed by atoms with Crippen molar-refractivity contribution in [2.75, 3.05) is 12.1 Å². The number of nitrogens with zero attached hydrogens (tertiary/aromatic N) is 2. The van der Waals surface area contributed by atoms with Gasteiger partial charge in [-0.3, -0.25) is 4.79 Å². The maximum Gasteiger partial charge on any atom is 0.337 e. The Morgan fingerprint density at radius 3 is 2.67 bits per heavy atom. The number of methoxy groups -OCH3 is 1. The minimum atomic E-state index is -1.17. The zero-order valence-corrected chi connectivity index (χ0v) is 16.7. The molecule has 0 radical (unpaired) electrons. The van der Waals surface area contributed by atoms with E-state index in [9.17, 15) is 14.7 Å². The fraction of sp³-hybridized carbons (Fsp3) is 0.105. The molecule has 0 saturated heterocycles. The first kappa shape index (κ1) is 19.1. The van der Waals surface area contributed by atoms with Crippen LogP contribution in [-0.4, -0.2) is 29.8 Å². The number of amides is 1. The van der Waals surface area contributed by atoms with Gasteiger partial charge in [-0.25, -0.2) is 4.79 Å². The van der Waals surface area contributed by atoms with Gasteiger partial charge in [-0.15, -0.1) is 0 Å². The topological polar surface area (TPSA) is 79.2 Å². The van der Waals surface area contributed by atoms with Crippen molar-refractivity contribution in [3.63, 3.8) is 0 Å². The van der Waals surface area contributed by atoms with Crippen LogP contribution in [0.3, 0.4) is 0 Å². The van der Waals surface area contributed by atoms with Crippen LogP contribution < -0.4 is 9.75 Å². The summed E-state index contributed by atoms with van der Waals surface area (Å²) < 4.78 is 5.97. The average molecular weight is 450 g/mol. The largest absolute Gasteiger partial charge is 0.496 e. The molecule has 138 valence electrons. The zero-order chi connectivity index (χ0) is 19.7. The highest BCUT2D eigenvalue weighted by Crippen LogP contribution is 2.30. The lowest BCUT2D eigenvalue weighted by Gasteiger charge is -2.13. The van der Waals surface area contributed by atoms with Crippen molar-refractivity contribution < 1.29 is 19.4 Å². The normalized spacial score (nSPS) is 15.3. The van der Waals surface area contributed by atoms with Gasteiger partial charge in [-0.2, -0.15) is 10.1 Å². The molecule has 0 saturated carbocycles. The van der Waals surface area contributed by atoms with Gasteiger partial charge >= 0.3 is 5.97 Å². The molecule has 2 aromatic carbocycles. The van der Waals surface area contributed by atoms with E-state index in [-0.39, 0.29) is 16.5 Å². The first-order chi connectivity index (χ1) is 12.8. The van der Waals surface area contributed by atoms with Gasteiger partial charge < -0.3 is 9.84 Å². The van der Waals surface area contributed by atoms with Crippen LogP contribution in [0.5, 0.6) is 5.75 Å². The minimum absolute atomic E-state index is 0.0914. The van der Waals surface area contributed by atoms with Crippen LogP contribution in [0.2, 0.25) is 5.02 Å². The van der Waals surface area contributed by atoms with E-state index in [1.54, 1.807) is 32.2 Å². The molecule has 3 rings (SSSR count). The van der Waals surface area contributed by atoms with E-state index in [4.69, 9.17) is 16.3 Å². The standard InChI is InChI=1S/C19H14BrClN2O4/c1-10-13(7-11-3-6-17(27-2)15(20)8-11)18(24)23(22-10)12-4-5-16(21)14(9-12)19(25)26/h3-9H,1-2H3,(H,25,26). The van der Waals surface area contributed by atoms with E-state index in [1.807, 2.05) is 12.1 Å². The van der Waals surface area contributed by atoms with E-state index < -0.39 is 5.97 Å². The molecule has 0 spiro atoms. The second-order valence-electron chi connectivity index (χ2n) is 5.72. The number of carbonyl (C=O) groups is 2. The van der Waals surface area contributed by atoms with Crippen LogP contribution in [0.1, 0.15) is 22.8 Å². The number of rotatable bonds is 4. The Hall–Kier alpha value is -2.64. The van der Waals surface area contributed by atoms with E-state index >= 15 is 0 Å². The molecule has 1 aliphatic rings. The summed E-state index contributed by atoms with van der Waals surface area (Å²) in [7, 11) is 1.57. The van der Waals surface area contributed by atoms with Gasteiger partial charge in [-0.05, 0) is 64.8 Å². The van der Waals surface area contributed by atoms with Crippen molar-refractivity contribution in [1.82, 2.24) is 0 Å². The number of anilines is 1. The van der Waals surface area contributed by atoms with Gasteiger partial charge in [0.15, 0.2) is 0 Å². The third-order valence-electron chi connectivity index (χ3n) is 3.97. The molecule has 2 aromatic rings. The summed E-state index contributed by atoms with van der Waals surface area (Å²) in [5.74, 6) is -0.838. The molecule has 27 heavy (non-hydrogen) atoms. The highest BCUT2D eigenvalue weighted by Gasteiger charge is 2.29. The van der Waals surface area contributed by atoms with Crippen LogP contribution in [0.15, 0.2) is 51.5 Å². The van der Waals surface area contributed by atoms with E-state index in [0.717, 1.165) is 10.0 Å². The predicted octanol–water partition coefficient (Wildman–Crippen LogP) is 4.62.